The third-order valence-electron chi connectivity index (χ3n) is 4.44. The van der Waals surface area contributed by atoms with Crippen molar-refractivity contribution in [3.8, 4) is 11.6 Å². The highest BCUT2D eigenvalue weighted by Gasteiger charge is 2.19. The highest BCUT2D eigenvalue weighted by molar-refractivity contribution is 6.30. The Kier molecular flexibility index (Phi) is 3.58. The summed E-state index contributed by atoms with van der Waals surface area (Å²) in [6.07, 6.45) is 1.58. The molecule has 3 heterocycles. The van der Waals surface area contributed by atoms with Crippen LogP contribution in [0.4, 0.5) is 0 Å². The summed E-state index contributed by atoms with van der Waals surface area (Å²) in [5.41, 5.74) is 2.36. The average Bonchev–Trinajstić information content (AvgIpc) is 3.40. The van der Waals surface area contributed by atoms with Crippen LogP contribution >= 0.6 is 11.6 Å². The minimum absolute atomic E-state index is 0.0301. The smallest absolute Gasteiger partial charge is 0.234 e. The molecule has 0 amide bonds. The molecule has 0 fully saturated rings. The van der Waals surface area contributed by atoms with Crippen molar-refractivity contribution in [2.24, 2.45) is 0 Å². The second kappa shape index (κ2) is 6.10. The van der Waals surface area contributed by atoms with Crippen LogP contribution in [0, 0.1) is 0 Å². The van der Waals surface area contributed by atoms with E-state index < -0.39 is 0 Å². The molecule has 6 nitrogen and oxygen atoms in total. The maximum absolute atomic E-state index is 12.8. The molecule has 0 N–H and O–H groups in total. The first-order valence-electron chi connectivity index (χ1n) is 8.37. The van der Waals surface area contributed by atoms with Crippen molar-refractivity contribution < 1.29 is 9.21 Å². The molecule has 0 atom stereocenters. The largest absolute Gasteiger partial charge is 0.461 e. The maximum Gasteiger partial charge on any atom is 0.234 e. The standard InChI is InChI=1S/C20H13ClN4O2/c21-14-9-7-13(8-10-14)17(26)12-24-15-4-1-2-5-16(15)25-20(24)22-19(23-25)18-6-3-11-27-18/h1-11H,12H2. The van der Waals surface area contributed by atoms with Crippen LogP contribution in [-0.2, 0) is 6.54 Å². The van der Waals surface area contributed by atoms with Gasteiger partial charge in [0.1, 0.15) is 0 Å². The first-order chi connectivity index (χ1) is 13.2. The number of furan rings is 1. The number of hydrogen-bond acceptors (Lipinski definition) is 4. The fraction of sp³-hybridized carbons (Fsp3) is 0.0500. The van der Waals surface area contributed by atoms with E-state index in [1.165, 1.54) is 0 Å². The van der Waals surface area contributed by atoms with E-state index in [0.717, 1.165) is 11.0 Å². The summed E-state index contributed by atoms with van der Waals surface area (Å²) in [5, 5.41) is 5.16. The third kappa shape index (κ3) is 2.62. The van der Waals surface area contributed by atoms with Gasteiger partial charge in [-0.15, -0.1) is 5.10 Å². The Morgan fingerprint density at radius 3 is 2.52 bits per heavy atom. The quantitative estimate of drug-likeness (QED) is 0.434. The van der Waals surface area contributed by atoms with E-state index in [0.29, 0.717) is 27.9 Å². The van der Waals surface area contributed by atoms with Crippen LogP contribution in [0.3, 0.4) is 0 Å². The number of carbonyl (C=O) groups is 1. The van der Waals surface area contributed by atoms with Crippen LogP contribution in [0.5, 0.6) is 0 Å². The second-order valence-electron chi connectivity index (χ2n) is 6.13. The molecule has 0 unspecified atom stereocenters. The summed E-state index contributed by atoms with van der Waals surface area (Å²) in [4.78, 5) is 17.4. The number of benzene rings is 2. The van der Waals surface area contributed by atoms with Crippen LogP contribution in [0.15, 0.2) is 71.3 Å². The van der Waals surface area contributed by atoms with Gasteiger partial charge >= 0.3 is 0 Å². The van der Waals surface area contributed by atoms with Crippen LogP contribution < -0.4 is 0 Å². The summed E-state index contributed by atoms with van der Waals surface area (Å²) < 4.78 is 9.01. The molecule has 132 valence electrons. The van der Waals surface area contributed by atoms with E-state index in [1.54, 1.807) is 47.2 Å². The van der Waals surface area contributed by atoms with Crippen molar-refractivity contribution >= 4 is 34.2 Å². The van der Waals surface area contributed by atoms with Crippen LogP contribution in [0.2, 0.25) is 5.02 Å². The van der Waals surface area contributed by atoms with E-state index in [-0.39, 0.29) is 12.3 Å². The molecule has 5 rings (SSSR count). The van der Waals surface area contributed by atoms with Gasteiger partial charge in [-0.2, -0.15) is 9.50 Å². The molecule has 27 heavy (non-hydrogen) atoms. The molecule has 0 aliphatic heterocycles. The number of carbonyl (C=O) groups excluding carboxylic acids is 1. The summed E-state index contributed by atoms with van der Waals surface area (Å²) in [5.74, 6) is 1.62. The summed E-state index contributed by atoms with van der Waals surface area (Å²) in [6, 6.07) is 18.2. The van der Waals surface area contributed by atoms with E-state index in [4.69, 9.17) is 16.0 Å². The van der Waals surface area contributed by atoms with E-state index in [2.05, 4.69) is 10.1 Å². The Hall–Kier alpha value is -3.38. The molecule has 0 saturated heterocycles. The number of nitrogens with zero attached hydrogens (tertiary/aromatic N) is 4. The summed E-state index contributed by atoms with van der Waals surface area (Å²) >= 11 is 5.92. The predicted molar refractivity (Wildman–Crippen MR) is 102 cm³/mol. The molecular weight excluding hydrogens is 364 g/mol. The zero-order chi connectivity index (χ0) is 18.4. The SMILES string of the molecule is O=C(Cn1c2ccccc2n2nc(-c3ccco3)nc12)c1ccc(Cl)cc1. The van der Waals surface area contributed by atoms with Crippen molar-refractivity contribution in [2.45, 2.75) is 6.54 Å². The molecule has 0 radical (unpaired) electrons. The zero-order valence-electron chi connectivity index (χ0n) is 14.0. The van der Waals surface area contributed by atoms with Crippen molar-refractivity contribution in [3.05, 3.63) is 77.5 Å². The molecule has 0 bridgehead atoms. The Labute approximate surface area is 158 Å². The average molecular weight is 377 g/mol. The highest BCUT2D eigenvalue weighted by Crippen LogP contribution is 2.24. The van der Waals surface area contributed by atoms with Crippen LogP contribution in [-0.4, -0.2) is 24.9 Å². The fourth-order valence-corrected chi connectivity index (χ4v) is 3.28. The maximum atomic E-state index is 12.8. The van der Waals surface area contributed by atoms with Crippen molar-refractivity contribution in [2.75, 3.05) is 0 Å². The van der Waals surface area contributed by atoms with Crippen molar-refractivity contribution in [1.29, 1.82) is 0 Å². The number of halogens is 1. The Morgan fingerprint density at radius 2 is 1.78 bits per heavy atom. The van der Waals surface area contributed by atoms with E-state index >= 15 is 0 Å². The minimum Gasteiger partial charge on any atom is -0.461 e. The lowest BCUT2D eigenvalue weighted by Crippen LogP contribution is -2.10. The minimum atomic E-state index is -0.0301. The van der Waals surface area contributed by atoms with Gasteiger partial charge in [-0.3, -0.25) is 4.79 Å². The highest BCUT2D eigenvalue weighted by atomic mass is 35.5. The lowest BCUT2D eigenvalue weighted by Gasteiger charge is -2.05. The molecule has 3 aromatic heterocycles. The number of para-hydroxylation sites is 2. The van der Waals surface area contributed by atoms with Gasteiger partial charge in [0, 0.05) is 10.6 Å². The Morgan fingerprint density at radius 1 is 1.00 bits per heavy atom. The Balaban J connectivity index is 1.65. The van der Waals surface area contributed by atoms with Crippen molar-refractivity contribution in [1.82, 2.24) is 19.2 Å². The number of fused-ring (bicyclic) bond motifs is 3. The van der Waals surface area contributed by atoms with Gasteiger partial charge in [-0.25, -0.2) is 0 Å². The second-order valence-corrected chi connectivity index (χ2v) is 6.57. The third-order valence-corrected chi connectivity index (χ3v) is 4.69. The molecule has 7 heteroatoms. The Bertz CT molecular complexity index is 1270. The number of ketones is 1. The van der Waals surface area contributed by atoms with E-state index in [9.17, 15) is 4.79 Å². The topological polar surface area (TPSA) is 65.3 Å². The van der Waals surface area contributed by atoms with Gasteiger partial charge in [0.15, 0.2) is 11.5 Å². The van der Waals surface area contributed by atoms with Gasteiger partial charge in [-0.1, -0.05) is 23.7 Å². The lowest BCUT2D eigenvalue weighted by atomic mass is 10.1. The molecular formula is C20H13ClN4O2. The molecule has 5 aromatic rings. The fourth-order valence-electron chi connectivity index (χ4n) is 3.16. The van der Waals surface area contributed by atoms with Crippen molar-refractivity contribution in [3.63, 3.8) is 0 Å². The number of imidazole rings is 1. The number of aromatic nitrogens is 4. The monoisotopic (exact) mass is 376 g/mol. The number of Topliss-reactive ketones (excluding diaryl/α,β-unsaturated/α-hetero) is 1. The molecule has 0 spiro atoms. The van der Waals surface area contributed by atoms with Gasteiger partial charge in [0.25, 0.3) is 0 Å². The van der Waals surface area contributed by atoms with Gasteiger partial charge in [-0.05, 0) is 48.5 Å². The molecule has 0 saturated carbocycles. The first-order valence-corrected chi connectivity index (χ1v) is 8.75. The molecule has 2 aromatic carbocycles. The number of hydrogen-bond donors (Lipinski definition) is 0. The first kappa shape index (κ1) is 15.8. The normalized spacial score (nSPS) is 11.4. The van der Waals surface area contributed by atoms with E-state index in [1.807, 2.05) is 28.8 Å². The van der Waals surface area contributed by atoms with Gasteiger partial charge in [0.2, 0.25) is 11.6 Å². The van der Waals surface area contributed by atoms with Crippen LogP contribution in [0.25, 0.3) is 28.4 Å². The zero-order valence-corrected chi connectivity index (χ0v) is 14.8. The number of rotatable bonds is 4. The van der Waals surface area contributed by atoms with Gasteiger partial charge in [0.05, 0.1) is 23.8 Å². The molecule has 0 aliphatic carbocycles. The van der Waals surface area contributed by atoms with Gasteiger partial charge < -0.3 is 8.98 Å². The predicted octanol–water partition coefficient (Wildman–Crippen LogP) is 4.48. The van der Waals surface area contributed by atoms with Crippen LogP contribution in [0.1, 0.15) is 10.4 Å². The lowest BCUT2D eigenvalue weighted by molar-refractivity contribution is 0.0974. The summed E-state index contributed by atoms with van der Waals surface area (Å²) in [7, 11) is 0. The summed E-state index contributed by atoms with van der Waals surface area (Å²) in [6.45, 7) is 0.148. The molecule has 0 aliphatic rings.